The molecule has 0 bridgehead atoms. The van der Waals surface area contributed by atoms with Crippen molar-refractivity contribution in [2.75, 3.05) is 13.2 Å². The van der Waals surface area contributed by atoms with E-state index in [-0.39, 0.29) is 12.5 Å². The van der Waals surface area contributed by atoms with Crippen LogP contribution in [0.3, 0.4) is 0 Å². The molecular weight excluding hydrogens is 526 g/mol. The van der Waals surface area contributed by atoms with Crippen LogP contribution in [0.25, 0.3) is 0 Å². The smallest absolute Gasteiger partial charge is 0.220 e. The van der Waals surface area contributed by atoms with Crippen molar-refractivity contribution in [3.8, 4) is 0 Å². The summed E-state index contributed by atoms with van der Waals surface area (Å²) in [5.74, 6) is -0.225. The van der Waals surface area contributed by atoms with E-state index in [0.29, 0.717) is 12.8 Å². The van der Waals surface area contributed by atoms with Gasteiger partial charge in [0.15, 0.2) is 6.29 Å². The van der Waals surface area contributed by atoms with Gasteiger partial charge in [-0.2, -0.15) is 0 Å². The largest absolute Gasteiger partial charge is 0.394 e. The van der Waals surface area contributed by atoms with E-state index in [9.17, 15) is 30.3 Å². The Balaban J connectivity index is 2.40. The molecule has 0 aliphatic carbocycles. The molecule has 1 heterocycles. The van der Waals surface area contributed by atoms with Gasteiger partial charge < -0.3 is 40.3 Å². The first kappa shape index (κ1) is 37.7. The Morgan fingerprint density at radius 1 is 0.805 bits per heavy atom. The van der Waals surface area contributed by atoms with E-state index in [2.05, 4.69) is 24.4 Å². The number of aliphatic hydroxyl groups excluding tert-OH is 5. The molecule has 7 atom stereocenters. The molecule has 0 aromatic carbocycles. The van der Waals surface area contributed by atoms with Gasteiger partial charge >= 0.3 is 0 Å². The van der Waals surface area contributed by atoms with Crippen molar-refractivity contribution >= 4 is 5.91 Å². The van der Waals surface area contributed by atoms with E-state index < -0.39 is 49.5 Å². The number of carbonyl (C=O) groups excluding carboxylic acids is 1. The van der Waals surface area contributed by atoms with Crippen molar-refractivity contribution in [1.82, 2.24) is 5.32 Å². The minimum atomic E-state index is -1.56. The minimum Gasteiger partial charge on any atom is -0.394 e. The van der Waals surface area contributed by atoms with Crippen LogP contribution in [0.1, 0.15) is 117 Å². The molecule has 41 heavy (non-hydrogen) atoms. The summed E-state index contributed by atoms with van der Waals surface area (Å²) >= 11 is 0. The third-order valence-corrected chi connectivity index (χ3v) is 7.53. The van der Waals surface area contributed by atoms with Crippen LogP contribution >= 0.6 is 0 Å². The summed E-state index contributed by atoms with van der Waals surface area (Å²) in [4.78, 5) is 12.4. The molecule has 1 rings (SSSR count). The molecule has 9 nitrogen and oxygen atoms in total. The van der Waals surface area contributed by atoms with Gasteiger partial charge in [-0.05, 0) is 32.1 Å². The number of carbonyl (C=O) groups is 1. The molecule has 1 aliphatic heterocycles. The van der Waals surface area contributed by atoms with Crippen molar-refractivity contribution < 1.29 is 39.8 Å². The summed E-state index contributed by atoms with van der Waals surface area (Å²) < 4.78 is 11.0. The lowest BCUT2D eigenvalue weighted by molar-refractivity contribution is -0.302. The number of unbranched alkanes of at least 4 members (excludes halogenated alkanes) is 12. The van der Waals surface area contributed by atoms with Crippen molar-refractivity contribution in [3.05, 3.63) is 24.3 Å². The zero-order valence-corrected chi connectivity index (χ0v) is 25.5. The summed E-state index contributed by atoms with van der Waals surface area (Å²) in [7, 11) is 0. The van der Waals surface area contributed by atoms with Crippen LogP contribution in [0, 0.1) is 0 Å². The number of amides is 1. The number of allylic oxidation sites excluding steroid dienone is 3. The normalized spacial score (nSPS) is 24.7. The van der Waals surface area contributed by atoms with E-state index in [1.807, 2.05) is 13.0 Å². The molecular formula is C32H59NO8. The second-order valence-corrected chi connectivity index (χ2v) is 11.2. The van der Waals surface area contributed by atoms with Gasteiger partial charge in [0.2, 0.25) is 5.91 Å². The van der Waals surface area contributed by atoms with Crippen LogP contribution in [0.4, 0.5) is 0 Å². The van der Waals surface area contributed by atoms with Crippen LogP contribution < -0.4 is 5.32 Å². The molecule has 6 N–H and O–H groups in total. The maximum Gasteiger partial charge on any atom is 0.220 e. The van der Waals surface area contributed by atoms with Crippen molar-refractivity contribution in [3.63, 3.8) is 0 Å². The highest BCUT2D eigenvalue weighted by Gasteiger charge is 2.44. The number of aliphatic hydroxyl groups is 5. The van der Waals surface area contributed by atoms with E-state index >= 15 is 0 Å². The van der Waals surface area contributed by atoms with E-state index in [4.69, 9.17) is 9.47 Å². The van der Waals surface area contributed by atoms with Gasteiger partial charge in [-0.1, -0.05) is 102 Å². The molecule has 1 amide bonds. The maximum atomic E-state index is 12.4. The van der Waals surface area contributed by atoms with Crippen molar-refractivity contribution in [1.29, 1.82) is 0 Å². The van der Waals surface area contributed by atoms with Crippen LogP contribution in [0.2, 0.25) is 0 Å². The Morgan fingerprint density at radius 2 is 1.39 bits per heavy atom. The average molecular weight is 586 g/mol. The molecule has 7 unspecified atom stereocenters. The fourth-order valence-corrected chi connectivity index (χ4v) is 4.79. The first-order valence-corrected chi connectivity index (χ1v) is 16.1. The second-order valence-electron chi connectivity index (χ2n) is 11.2. The number of hydrogen-bond acceptors (Lipinski definition) is 8. The highest BCUT2D eigenvalue weighted by Crippen LogP contribution is 2.22. The molecule has 1 saturated heterocycles. The Bertz CT molecular complexity index is 701. The van der Waals surface area contributed by atoms with E-state index in [1.54, 1.807) is 6.08 Å². The predicted molar refractivity (Wildman–Crippen MR) is 161 cm³/mol. The standard InChI is InChI=1S/C32H59NO8/c1-3-5-7-8-9-10-11-12-13-14-15-16-17-18-19-20-21-26(35)25(33-28(36)22-6-4-2)24-40-32-31(39)30(38)29(37)27(23-34)41-32/h16-17,20-21,25-27,29-32,34-35,37-39H,3-15,18-19,22-24H2,1-2H3,(H,33,36)/b17-16+,21-20+. The lowest BCUT2D eigenvalue weighted by Crippen LogP contribution is -2.60. The van der Waals surface area contributed by atoms with Crippen molar-refractivity contribution in [2.45, 2.75) is 159 Å². The monoisotopic (exact) mass is 585 g/mol. The van der Waals surface area contributed by atoms with Gasteiger partial charge in [-0.15, -0.1) is 0 Å². The second kappa shape index (κ2) is 24.1. The van der Waals surface area contributed by atoms with Crippen LogP contribution in [0.15, 0.2) is 24.3 Å². The lowest BCUT2D eigenvalue weighted by Gasteiger charge is -2.40. The summed E-state index contributed by atoms with van der Waals surface area (Å²) in [6.07, 6.45) is 17.7. The first-order chi connectivity index (χ1) is 19.8. The molecule has 0 aromatic rings. The number of rotatable bonds is 24. The van der Waals surface area contributed by atoms with Gasteiger partial charge in [0.25, 0.3) is 0 Å². The Morgan fingerprint density at radius 3 is 2.02 bits per heavy atom. The third kappa shape index (κ3) is 16.8. The van der Waals surface area contributed by atoms with Crippen LogP contribution in [-0.2, 0) is 14.3 Å². The highest BCUT2D eigenvalue weighted by molar-refractivity contribution is 5.76. The summed E-state index contributed by atoms with van der Waals surface area (Å²) in [5.41, 5.74) is 0. The molecule has 1 aliphatic rings. The molecule has 0 radical (unpaired) electrons. The van der Waals surface area contributed by atoms with E-state index in [0.717, 1.165) is 25.7 Å². The summed E-state index contributed by atoms with van der Waals surface area (Å²) in [5, 5.41) is 53.1. The minimum absolute atomic E-state index is 0.204. The van der Waals surface area contributed by atoms with Crippen LogP contribution in [0.5, 0.6) is 0 Å². The van der Waals surface area contributed by atoms with E-state index in [1.165, 1.54) is 64.2 Å². The molecule has 9 heteroatoms. The summed E-state index contributed by atoms with van der Waals surface area (Å²) in [6.45, 7) is 3.46. The van der Waals surface area contributed by atoms with Gasteiger partial charge in [0.1, 0.15) is 24.4 Å². The zero-order valence-electron chi connectivity index (χ0n) is 25.5. The zero-order chi connectivity index (χ0) is 30.3. The van der Waals surface area contributed by atoms with Gasteiger partial charge in [-0.3, -0.25) is 4.79 Å². The Labute approximate surface area is 248 Å². The van der Waals surface area contributed by atoms with Crippen LogP contribution in [-0.4, -0.2) is 87.5 Å². The lowest BCUT2D eigenvalue weighted by atomic mass is 9.99. The summed E-state index contributed by atoms with van der Waals surface area (Å²) in [6, 6.07) is -0.810. The third-order valence-electron chi connectivity index (χ3n) is 7.53. The molecule has 0 aromatic heterocycles. The molecule has 0 spiro atoms. The topological polar surface area (TPSA) is 149 Å². The Hall–Kier alpha value is -1.33. The number of hydrogen-bond donors (Lipinski definition) is 6. The maximum absolute atomic E-state index is 12.4. The predicted octanol–water partition coefficient (Wildman–Crippen LogP) is 4.04. The average Bonchev–Trinajstić information content (AvgIpc) is 2.97. The SMILES string of the molecule is CCCCCCCCCCCC/C=C/CC/C=C/C(O)C(COC1OC(CO)C(O)C(O)C1O)NC(=O)CCCC. The number of ether oxygens (including phenoxy) is 2. The highest BCUT2D eigenvalue weighted by atomic mass is 16.7. The fourth-order valence-electron chi connectivity index (χ4n) is 4.79. The molecule has 1 fully saturated rings. The molecule has 0 saturated carbocycles. The molecule has 240 valence electrons. The van der Waals surface area contributed by atoms with Gasteiger partial charge in [0, 0.05) is 6.42 Å². The first-order valence-electron chi connectivity index (χ1n) is 16.1. The van der Waals surface area contributed by atoms with Crippen molar-refractivity contribution in [2.24, 2.45) is 0 Å². The quantitative estimate of drug-likeness (QED) is 0.0734. The van der Waals surface area contributed by atoms with Gasteiger partial charge in [0.05, 0.1) is 25.4 Å². The fraction of sp³-hybridized carbons (Fsp3) is 0.844. The number of nitrogens with one attached hydrogen (secondary N) is 1. The Kier molecular flexibility index (Phi) is 22.2. The van der Waals surface area contributed by atoms with Gasteiger partial charge in [-0.25, -0.2) is 0 Å².